The van der Waals surface area contributed by atoms with Crippen LogP contribution in [-0.4, -0.2) is 44.2 Å². The summed E-state index contributed by atoms with van der Waals surface area (Å²) >= 11 is 5.32. The Morgan fingerprint density at radius 1 is 1.41 bits per heavy atom. The number of nitrogens with one attached hydrogen (secondary N) is 2. The number of rotatable bonds is 6. The zero-order chi connectivity index (χ0) is 18.4. The van der Waals surface area contributed by atoms with E-state index in [1.54, 1.807) is 11.3 Å². The van der Waals surface area contributed by atoms with Crippen LogP contribution in [0.2, 0.25) is 0 Å². The van der Waals surface area contributed by atoms with Gasteiger partial charge in [0, 0.05) is 60.9 Å². The van der Waals surface area contributed by atoms with E-state index in [-0.39, 0.29) is 24.0 Å². The second kappa shape index (κ2) is 11.2. The lowest BCUT2D eigenvalue weighted by Crippen LogP contribution is -2.41. The van der Waals surface area contributed by atoms with E-state index in [0.29, 0.717) is 5.92 Å². The monoisotopic (exact) mass is 563 g/mol. The van der Waals surface area contributed by atoms with Crippen molar-refractivity contribution in [2.75, 3.05) is 38.1 Å². The van der Waals surface area contributed by atoms with Gasteiger partial charge in [0.25, 0.3) is 0 Å². The quantitative estimate of drug-likeness (QED) is 0.316. The number of hydrogen-bond donors (Lipinski definition) is 2. The summed E-state index contributed by atoms with van der Waals surface area (Å²) in [5.41, 5.74) is 1.29. The number of aliphatic imine (C=N–C) groups is 1. The Hall–Kier alpha value is -0.870. The first kappa shape index (κ1) is 22.4. The number of halogens is 2. The maximum Gasteiger partial charge on any atom is 0.191 e. The maximum absolute atomic E-state index is 4.40. The average molecular weight is 564 g/mol. The molecule has 8 heteroatoms. The lowest BCUT2D eigenvalue weighted by Gasteiger charge is -2.19. The highest BCUT2D eigenvalue weighted by Gasteiger charge is 2.22. The van der Waals surface area contributed by atoms with Crippen LogP contribution in [0.1, 0.15) is 16.3 Å². The molecule has 0 amide bonds. The van der Waals surface area contributed by atoms with E-state index in [9.17, 15) is 0 Å². The van der Waals surface area contributed by atoms with Gasteiger partial charge in [0.2, 0.25) is 0 Å². The first-order valence-electron chi connectivity index (χ1n) is 9.00. The third-order valence-electron chi connectivity index (χ3n) is 4.54. The van der Waals surface area contributed by atoms with Crippen molar-refractivity contribution in [3.8, 4) is 0 Å². The minimum Gasteiger partial charge on any atom is -0.371 e. The number of hydrogen-bond acceptors (Lipinski definition) is 4. The van der Waals surface area contributed by atoms with E-state index in [1.807, 2.05) is 13.2 Å². The van der Waals surface area contributed by atoms with Gasteiger partial charge in [0.05, 0.1) is 5.01 Å². The highest BCUT2D eigenvalue weighted by Crippen LogP contribution is 2.25. The molecule has 2 aromatic rings. The molecular weight excluding hydrogens is 537 g/mol. The molecule has 2 heterocycles. The van der Waals surface area contributed by atoms with Gasteiger partial charge in [-0.3, -0.25) is 4.99 Å². The fraction of sp³-hybridized carbons (Fsp3) is 0.474. The summed E-state index contributed by atoms with van der Waals surface area (Å²) in [6.07, 6.45) is 4.07. The van der Waals surface area contributed by atoms with E-state index in [0.717, 1.165) is 43.0 Å². The molecule has 1 fully saturated rings. The lowest BCUT2D eigenvalue weighted by molar-refractivity contribution is 0.566. The molecule has 1 atom stereocenters. The van der Waals surface area contributed by atoms with E-state index in [1.165, 1.54) is 22.0 Å². The van der Waals surface area contributed by atoms with Gasteiger partial charge in [-0.25, -0.2) is 4.98 Å². The maximum atomic E-state index is 4.40. The predicted octanol–water partition coefficient (Wildman–Crippen LogP) is 4.07. The van der Waals surface area contributed by atoms with Gasteiger partial charge >= 0.3 is 0 Å². The van der Waals surface area contributed by atoms with Crippen LogP contribution >= 0.6 is 51.2 Å². The van der Waals surface area contributed by atoms with Crippen molar-refractivity contribution >= 4 is 62.9 Å². The molecular formula is C19H27BrIN5S. The number of aromatic nitrogens is 1. The molecule has 0 aliphatic carbocycles. The van der Waals surface area contributed by atoms with E-state index in [4.69, 9.17) is 0 Å². The van der Waals surface area contributed by atoms with Crippen molar-refractivity contribution < 1.29 is 0 Å². The third kappa shape index (κ3) is 6.90. The van der Waals surface area contributed by atoms with Gasteiger partial charge in [-0.1, -0.05) is 22.0 Å². The number of anilines is 1. The minimum absolute atomic E-state index is 0. The Balaban J connectivity index is 0.00000261. The van der Waals surface area contributed by atoms with Crippen molar-refractivity contribution in [2.24, 2.45) is 10.9 Å². The number of aryl methyl sites for hydroxylation is 1. The zero-order valence-corrected chi connectivity index (χ0v) is 20.5. The Bertz CT molecular complexity index is 751. The lowest BCUT2D eigenvalue weighted by atomic mass is 10.1. The SMILES string of the molecule is CN=C(NCCc1ncc(C)s1)NCC1CCN(c2cccc(Br)c2)C1.I. The molecule has 0 saturated carbocycles. The van der Waals surface area contributed by atoms with Crippen molar-refractivity contribution in [2.45, 2.75) is 19.8 Å². The Morgan fingerprint density at radius 3 is 2.96 bits per heavy atom. The van der Waals surface area contributed by atoms with Crippen LogP contribution in [0.5, 0.6) is 0 Å². The molecule has 1 saturated heterocycles. The van der Waals surface area contributed by atoms with E-state index < -0.39 is 0 Å². The van der Waals surface area contributed by atoms with E-state index in [2.05, 4.69) is 72.6 Å². The van der Waals surface area contributed by atoms with Crippen LogP contribution in [0.3, 0.4) is 0 Å². The largest absolute Gasteiger partial charge is 0.371 e. The molecule has 3 rings (SSSR count). The summed E-state index contributed by atoms with van der Waals surface area (Å²) in [6, 6.07) is 8.54. The molecule has 0 radical (unpaired) electrons. The topological polar surface area (TPSA) is 52.6 Å². The van der Waals surface area contributed by atoms with Crippen LogP contribution in [0.15, 0.2) is 39.9 Å². The van der Waals surface area contributed by atoms with Crippen molar-refractivity contribution in [3.63, 3.8) is 0 Å². The predicted molar refractivity (Wildman–Crippen MR) is 130 cm³/mol. The first-order chi connectivity index (χ1) is 12.6. The van der Waals surface area contributed by atoms with Crippen LogP contribution in [0, 0.1) is 12.8 Å². The Labute approximate surface area is 191 Å². The smallest absolute Gasteiger partial charge is 0.191 e. The summed E-state index contributed by atoms with van der Waals surface area (Å²) in [5.74, 6) is 1.51. The third-order valence-corrected chi connectivity index (χ3v) is 6.01. The van der Waals surface area contributed by atoms with Gasteiger partial charge in [0.15, 0.2) is 5.96 Å². The van der Waals surface area contributed by atoms with E-state index >= 15 is 0 Å². The van der Waals surface area contributed by atoms with Gasteiger partial charge < -0.3 is 15.5 Å². The van der Waals surface area contributed by atoms with Crippen LogP contribution in [0.4, 0.5) is 5.69 Å². The summed E-state index contributed by atoms with van der Waals surface area (Å²) in [7, 11) is 1.82. The highest BCUT2D eigenvalue weighted by molar-refractivity contribution is 14.0. The number of guanidine groups is 1. The number of benzene rings is 1. The molecule has 1 unspecified atom stereocenters. The van der Waals surface area contributed by atoms with Crippen LogP contribution < -0.4 is 15.5 Å². The summed E-state index contributed by atoms with van der Waals surface area (Å²) in [4.78, 5) is 12.5. The van der Waals surface area contributed by atoms with Crippen molar-refractivity contribution in [1.82, 2.24) is 15.6 Å². The standard InChI is InChI=1S/C19H26BrN5S.HI/c1-14-11-23-18(26-14)6-8-22-19(21-2)24-12-15-7-9-25(13-15)17-5-3-4-16(20)10-17;/h3-5,10-11,15H,6-9,12-13H2,1-2H3,(H2,21,22,24);1H. The molecule has 1 aliphatic rings. The fourth-order valence-corrected chi connectivity index (χ4v) is 4.35. The molecule has 0 bridgehead atoms. The molecule has 1 aliphatic heterocycles. The highest BCUT2D eigenvalue weighted by atomic mass is 127. The Kier molecular flexibility index (Phi) is 9.31. The van der Waals surface area contributed by atoms with Crippen LogP contribution in [0.25, 0.3) is 0 Å². The second-order valence-corrected chi connectivity index (χ2v) is 8.81. The summed E-state index contributed by atoms with van der Waals surface area (Å²) in [5, 5.41) is 8.03. The van der Waals surface area contributed by atoms with Gasteiger partial charge in [-0.2, -0.15) is 0 Å². The van der Waals surface area contributed by atoms with Crippen LogP contribution in [-0.2, 0) is 6.42 Å². The molecule has 2 N–H and O–H groups in total. The molecule has 148 valence electrons. The van der Waals surface area contributed by atoms with Crippen molar-refractivity contribution in [1.29, 1.82) is 0 Å². The molecule has 0 spiro atoms. The van der Waals surface area contributed by atoms with Crippen molar-refractivity contribution in [3.05, 3.63) is 44.8 Å². The Morgan fingerprint density at radius 2 is 2.26 bits per heavy atom. The summed E-state index contributed by atoms with van der Waals surface area (Å²) < 4.78 is 1.14. The first-order valence-corrected chi connectivity index (χ1v) is 10.6. The molecule has 1 aromatic heterocycles. The second-order valence-electron chi connectivity index (χ2n) is 6.58. The average Bonchev–Trinajstić information content (AvgIpc) is 3.27. The summed E-state index contributed by atoms with van der Waals surface area (Å²) in [6.45, 7) is 6.08. The number of thiazole rings is 1. The molecule has 1 aromatic carbocycles. The molecule has 5 nitrogen and oxygen atoms in total. The molecule has 27 heavy (non-hydrogen) atoms. The zero-order valence-electron chi connectivity index (χ0n) is 15.7. The number of nitrogens with zero attached hydrogens (tertiary/aromatic N) is 3. The fourth-order valence-electron chi connectivity index (χ4n) is 3.17. The van der Waals surface area contributed by atoms with Gasteiger partial charge in [-0.15, -0.1) is 35.3 Å². The minimum atomic E-state index is 0. The normalized spacial score (nSPS) is 16.9. The van der Waals surface area contributed by atoms with Gasteiger partial charge in [-0.05, 0) is 37.5 Å². The van der Waals surface area contributed by atoms with Gasteiger partial charge in [0.1, 0.15) is 0 Å².